The summed E-state index contributed by atoms with van der Waals surface area (Å²) in [5.41, 5.74) is 14.4. The number of nitrogens with zero attached hydrogens (tertiary/aromatic N) is 1. The molecule has 0 amide bonds. The Hall–Kier alpha value is -7.20. The van der Waals surface area contributed by atoms with E-state index in [1.807, 2.05) is 17.4 Å². The van der Waals surface area contributed by atoms with Crippen molar-refractivity contribution in [3.05, 3.63) is 212 Å². The number of hydrogen-bond donors (Lipinski definition) is 0. The second-order valence-corrected chi connectivity index (χ2v) is 15.5. The molecule has 9 aromatic carbocycles. The maximum Gasteiger partial charge on any atom is 0.160 e. The van der Waals surface area contributed by atoms with Gasteiger partial charge in [-0.05, 0) is 93.0 Å². The molecule has 0 saturated heterocycles. The summed E-state index contributed by atoms with van der Waals surface area (Å²) in [6, 6.07) is 76.1. The van der Waals surface area contributed by atoms with Crippen LogP contribution in [0.3, 0.4) is 0 Å². The predicted molar refractivity (Wildman–Crippen MR) is 243 cm³/mol. The smallest absolute Gasteiger partial charge is 0.160 e. The first-order chi connectivity index (χ1) is 28.3. The molecule has 0 aliphatic heterocycles. The van der Waals surface area contributed by atoms with Crippen molar-refractivity contribution in [2.24, 2.45) is 0 Å². The zero-order valence-electron chi connectivity index (χ0n) is 31.0. The van der Waals surface area contributed by atoms with Crippen molar-refractivity contribution >= 4 is 70.5 Å². The van der Waals surface area contributed by atoms with E-state index < -0.39 is 0 Å². The van der Waals surface area contributed by atoms with E-state index in [0.717, 1.165) is 50.1 Å². The van der Waals surface area contributed by atoms with Gasteiger partial charge in [0.1, 0.15) is 5.58 Å². The monoisotopic (exact) mass is 745 g/mol. The minimum Gasteiger partial charge on any atom is -0.454 e. The van der Waals surface area contributed by atoms with Gasteiger partial charge in [-0.1, -0.05) is 164 Å². The third-order valence-electron chi connectivity index (χ3n) is 11.1. The van der Waals surface area contributed by atoms with Crippen LogP contribution in [0, 0.1) is 0 Å². The molecule has 57 heavy (non-hydrogen) atoms. The van der Waals surface area contributed by atoms with Gasteiger partial charge in [0.05, 0.1) is 5.69 Å². The van der Waals surface area contributed by atoms with E-state index in [4.69, 9.17) is 4.42 Å². The fraction of sp³-hybridized carbons (Fsp3) is 0. The molecular weight excluding hydrogens is 711 g/mol. The molecule has 0 aliphatic carbocycles. The lowest BCUT2D eigenvalue weighted by atomic mass is 9.97. The van der Waals surface area contributed by atoms with Crippen LogP contribution in [0.1, 0.15) is 0 Å². The average molecular weight is 746 g/mol. The minimum atomic E-state index is 0.860. The number of rotatable bonds is 7. The van der Waals surface area contributed by atoms with Crippen molar-refractivity contribution in [1.29, 1.82) is 0 Å². The minimum absolute atomic E-state index is 0.860. The molecule has 0 unspecified atom stereocenters. The number of para-hydroxylation sites is 1. The molecule has 268 valence electrons. The molecule has 0 saturated carbocycles. The Morgan fingerprint density at radius 3 is 1.60 bits per heavy atom. The Morgan fingerprint density at radius 2 is 0.912 bits per heavy atom. The highest BCUT2D eigenvalue weighted by Crippen LogP contribution is 2.47. The van der Waals surface area contributed by atoms with E-state index in [0.29, 0.717) is 0 Å². The Bertz CT molecular complexity index is 3200. The lowest BCUT2D eigenvalue weighted by Gasteiger charge is -2.26. The number of hydrogen-bond acceptors (Lipinski definition) is 3. The van der Waals surface area contributed by atoms with Crippen molar-refractivity contribution in [3.63, 3.8) is 0 Å². The Morgan fingerprint density at radius 1 is 0.368 bits per heavy atom. The van der Waals surface area contributed by atoms with Gasteiger partial charge < -0.3 is 9.32 Å². The normalized spacial score (nSPS) is 11.5. The van der Waals surface area contributed by atoms with E-state index in [9.17, 15) is 0 Å². The molecule has 0 N–H and O–H groups in total. The van der Waals surface area contributed by atoms with E-state index in [2.05, 4.69) is 211 Å². The summed E-state index contributed by atoms with van der Waals surface area (Å²) in [7, 11) is 0. The van der Waals surface area contributed by atoms with Crippen LogP contribution in [0.15, 0.2) is 217 Å². The van der Waals surface area contributed by atoms with Crippen LogP contribution >= 0.6 is 11.3 Å². The van der Waals surface area contributed by atoms with Gasteiger partial charge in [0.15, 0.2) is 5.58 Å². The molecule has 11 rings (SSSR count). The molecule has 0 aliphatic rings. The van der Waals surface area contributed by atoms with Gasteiger partial charge in [0.2, 0.25) is 0 Å². The highest BCUT2D eigenvalue weighted by atomic mass is 32.1. The van der Waals surface area contributed by atoms with E-state index in [1.165, 1.54) is 53.6 Å². The van der Waals surface area contributed by atoms with E-state index >= 15 is 0 Å². The van der Waals surface area contributed by atoms with Gasteiger partial charge in [-0.15, -0.1) is 11.3 Å². The molecule has 0 spiro atoms. The van der Waals surface area contributed by atoms with Crippen LogP contribution in [0.4, 0.5) is 17.1 Å². The van der Waals surface area contributed by atoms with Gasteiger partial charge in [-0.2, -0.15) is 0 Å². The zero-order valence-corrected chi connectivity index (χ0v) is 31.8. The van der Waals surface area contributed by atoms with Gasteiger partial charge in [0.25, 0.3) is 0 Å². The number of furan rings is 1. The van der Waals surface area contributed by atoms with Crippen LogP contribution in [-0.2, 0) is 0 Å². The van der Waals surface area contributed by atoms with Crippen LogP contribution in [0.2, 0.25) is 0 Å². The van der Waals surface area contributed by atoms with Crippen molar-refractivity contribution in [2.45, 2.75) is 0 Å². The average Bonchev–Trinajstić information content (AvgIpc) is 3.87. The highest BCUT2D eigenvalue weighted by Gasteiger charge is 2.22. The van der Waals surface area contributed by atoms with E-state index in [1.54, 1.807) is 0 Å². The lowest BCUT2D eigenvalue weighted by Crippen LogP contribution is -2.10. The maximum atomic E-state index is 6.82. The summed E-state index contributed by atoms with van der Waals surface area (Å²) in [4.78, 5) is 2.33. The van der Waals surface area contributed by atoms with Gasteiger partial charge in [0, 0.05) is 42.3 Å². The summed E-state index contributed by atoms with van der Waals surface area (Å²) in [6.07, 6.45) is 0. The third kappa shape index (κ3) is 5.80. The molecule has 0 fully saturated rings. The van der Waals surface area contributed by atoms with Crippen molar-refractivity contribution in [2.75, 3.05) is 4.90 Å². The second-order valence-electron chi connectivity index (χ2n) is 14.5. The van der Waals surface area contributed by atoms with Crippen LogP contribution < -0.4 is 4.90 Å². The fourth-order valence-corrected chi connectivity index (χ4v) is 9.55. The largest absolute Gasteiger partial charge is 0.454 e. The summed E-state index contributed by atoms with van der Waals surface area (Å²) in [5, 5.41) is 4.81. The molecule has 2 nitrogen and oxygen atoms in total. The second kappa shape index (κ2) is 13.8. The molecule has 0 radical (unpaired) electrons. The standard InChI is InChI=1S/C54H35NOS/c1-4-13-36(14-5-1)37-23-28-42(29-24-37)55(49-33-32-44(39-15-6-2-7-16-39)52-47-19-10-11-22-50(47)56-53(49)52)43-30-25-38(26-31-43)41-27-34-51-48(35-41)46-21-12-20-45(54(46)57-51)40-17-8-3-9-18-40/h1-35H. The molecule has 0 atom stereocenters. The highest BCUT2D eigenvalue weighted by molar-refractivity contribution is 7.26. The lowest BCUT2D eigenvalue weighted by molar-refractivity contribution is 0.669. The summed E-state index contributed by atoms with van der Waals surface area (Å²) in [6.45, 7) is 0. The van der Waals surface area contributed by atoms with Crippen molar-refractivity contribution in [3.8, 4) is 44.5 Å². The summed E-state index contributed by atoms with van der Waals surface area (Å²) < 4.78 is 9.45. The number of fused-ring (bicyclic) bond motifs is 6. The Kier molecular flexibility index (Phi) is 8.04. The molecular formula is C54H35NOS. The first kappa shape index (κ1) is 33.2. The topological polar surface area (TPSA) is 16.4 Å². The fourth-order valence-electron chi connectivity index (χ4n) is 8.34. The molecule has 11 aromatic rings. The van der Waals surface area contributed by atoms with Crippen molar-refractivity contribution < 1.29 is 4.42 Å². The molecule has 0 bridgehead atoms. The van der Waals surface area contributed by atoms with Crippen LogP contribution in [-0.4, -0.2) is 0 Å². The zero-order chi connectivity index (χ0) is 37.7. The van der Waals surface area contributed by atoms with Gasteiger partial charge >= 0.3 is 0 Å². The maximum absolute atomic E-state index is 6.82. The summed E-state index contributed by atoms with van der Waals surface area (Å²) >= 11 is 1.87. The van der Waals surface area contributed by atoms with Gasteiger partial charge in [-0.25, -0.2) is 0 Å². The third-order valence-corrected chi connectivity index (χ3v) is 12.3. The molecule has 2 aromatic heterocycles. The Balaban J connectivity index is 1.05. The number of anilines is 3. The van der Waals surface area contributed by atoms with Crippen LogP contribution in [0.25, 0.3) is 86.6 Å². The Labute approximate surface area is 335 Å². The quantitative estimate of drug-likeness (QED) is 0.162. The SMILES string of the molecule is c1ccc(-c2ccc(N(c3ccc(-c4ccc5sc6c(-c7ccccc7)cccc6c5c4)cc3)c3ccc(-c4ccccc4)c4c3oc3ccccc34)cc2)cc1. The first-order valence-electron chi connectivity index (χ1n) is 19.3. The molecule has 3 heteroatoms. The predicted octanol–water partition coefficient (Wildman–Crippen LogP) is 16.1. The molecule has 2 heterocycles. The van der Waals surface area contributed by atoms with Crippen LogP contribution in [0.5, 0.6) is 0 Å². The van der Waals surface area contributed by atoms with Crippen molar-refractivity contribution in [1.82, 2.24) is 0 Å². The number of benzene rings is 9. The van der Waals surface area contributed by atoms with E-state index in [-0.39, 0.29) is 0 Å². The first-order valence-corrected chi connectivity index (χ1v) is 20.1. The number of thiophene rings is 1. The summed E-state index contributed by atoms with van der Waals surface area (Å²) in [5.74, 6) is 0. The van der Waals surface area contributed by atoms with Gasteiger partial charge in [-0.3, -0.25) is 0 Å².